The van der Waals surface area contributed by atoms with Crippen molar-refractivity contribution in [2.75, 3.05) is 0 Å². The molecule has 0 radical (unpaired) electrons. The van der Waals surface area contributed by atoms with Crippen LogP contribution >= 0.6 is 0 Å². The number of urea groups is 1. The molecule has 0 saturated heterocycles. The molecule has 1 aliphatic rings. The highest BCUT2D eigenvalue weighted by Gasteiger charge is 2.20. The van der Waals surface area contributed by atoms with Gasteiger partial charge in [-0.3, -0.25) is 20.2 Å². The zero-order valence-electron chi connectivity index (χ0n) is 13.5. The molecule has 0 aliphatic heterocycles. The summed E-state index contributed by atoms with van der Waals surface area (Å²) in [4.78, 5) is 33.9. The third-order valence-corrected chi connectivity index (χ3v) is 3.91. The smallest absolute Gasteiger partial charge is 0.321 e. The lowest BCUT2D eigenvalue weighted by molar-refractivity contribution is -0.384. The lowest BCUT2D eigenvalue weighted by Gasteiger charge is -2.23. The zero-order chi connectivity index (χ0) is 17.5. The number of carbonyl (C=O) groups excluding carboxylic acids is 2. The predicted octanol–water partition coefficient (Wildman–Crippen LogP) is 2.52. The van der Waals surface area contributed by atoms with Gasteiger partial charge in [-0.15, -0.1) is 0 Å². The Morgan fingerprint density at radius 1 is 1.21 bits per heavy atom. The maximum atomic E-state index is 12.0. The van der Waals surface area contributed by atoms with Crippen LogP contribution in [-0.4, -0.2) is 29.0 Å². The van der Waals surface area contributed by atoms with Crippen molar-refractivity contribution in [2.45, 2.75) is 51.2 Å². The summed E-state index contributed by atoms with van der Waals surface area (Å²) in [6.07, 6.45) is 4.30. The van der Waals surface area contributed by atoms with Gasteiger partial charge in [-0.2, -0.15) is 0 Å². The second-order valence-corrected chi connectivity index (χ2v) is 5.81. The Labute approximate surface area is 139 Å². The van der Waals surface area contributed by atoms with Crippen LogP contribution in [0.5, 0.6) is 5.75 Å². The van der Waals surface area contributed by atoms with Gasteiger partial charge in [0.1, 0.15) is 5.75 Å². The van der Waals surface area contributed by atoms with Gasteiger partial charge in [0.05, 0.1) is 4.92 Å². The quantitative estimate of drug-likeness (QED) is 0.634. The summed E-state index contributed by atoms with van der Waals surface area (Å²) >= 11 is 0. The molecule has 0 heterocycles. The van der Waals surface area contributed by atoms with E-state index < -0.39 is 23.0 Å². The topological polar surface area (TPSA) is 111 Å². The number of amides is 3. The minimum atomic E-state index is -0.899. The monoisotopic (exact) mass is 335 g/mol. The zero-order valence-corrected chi connectivity index (χ0v) is 13.5. The maximum Gasteiger partial charge on any atom is 0.321 e. The van der Waals surface area contributed by atoms with Gasteiger partial charge in [0.2, 0.25) is 0 Å². The average Bonchev–Trinajstić information content (AvgIpc) is 2.56. The number of benzene rings is 1. The molecule has 1 aliphatic carbocycles. The van der Waals surface area contributed by atoms with E-state index >= 15 is 0 Å². The molecule has 1 atom stereocenters. The van der Waals surface area contributed by atoms with Crippen molar-refractivity contribution in [1.29, 1.82) is 0 Å². The molecule has 0 bridgehead atoms. The van der Waals surface area contributed by atoms with Gasteiger partial charge in [0.25, 0.3) is 11.6 Å². The highest BCUT2D eigenvalue weighted by atomic mass is 16.6. The molecule has 1 saturated carbocycles. The Kier molecular flexibility index (Phi) is 6.11. The van der Waals surface area contributed by atoms with E-state index in [2.05, 4.69) is 10.6 Å². The van der Waals surface area contributed by atoms with E-state index in [0.717, 1.165) is 25.7 Å². The number of hydrogen-bond donors (Lipinski definition) is 2. The van der Waals surface area contributed by atoms with Crippen LogP contribution in [0.25, 0.3) is 0 Å². The van der Waals surface area contributed by atoms with Gasteiger partial charge in [-0.05, 0) is 31.9 Å². The molecule has 130 valence electrons. The van der Waals surface area contributed by atoms with E-state index in [-0.39, 0.29) is 11.7 Å². The molecular formula is C16H21N3O5. The summed E-state index contributed by atoms with van der Waals surface area (Å²) in [5.41, 5.74) is -0.0636. The number of hydrogen-bond acceptors (Lipinski definition) is 5. The summed E-state index contributed by atoms with van der Waals surface area (Å²) in [5.74, 6) is -0.252. The number of ether oxygens (including phenoxy) is 1. The molecule has 0 spiro atoms. The van der Waals surface area contributed by atoms with Crippen LogP contribution in [0.1, 0.15) is 39.0 Å². The Hall–Kier alpha value is -2.64. The summed E-state index contributed by atoms with van der Waals surface area (Å²) in [7, 11) is 0. The standard InChI is InChI=1S/C16H21N3O5/c1-11(24-14-9-7-13(8-10-14)19(22)23)15(20)18-16(21)17-12-5-3-2-4-6-12/h7-12H,2-6H2,1H3,(H2,17,18,20,21)/t11-/m1/s1. The van der Waals surface area contributed by atoms with Crippen molar-refractivity contribution in [2.24, 2.45) is 0 Å². The average molecular weight is 335 g/mol. The third kappa shape index (κ3) is 5.22. The minimum absolute atomic E-state index is 0.0636. The van der Waals surface area contributed by atoms with Crippen molar-refractivity contribution < 1.29 is 19.2 Å². The minimum Gasteiger partial charge on any atom is -0.481 e. The number of imide groups is 1. The second-order valence-electron chi connectivity index (χ2n) is 5.81. The normalized spacial score (nSPS) is 16.0. The first-order valence-corrected chi connectivity index (χ1v) is 7.98. The Bertz CT molecular complexity index is 596. The number of nitro groups is 1. The van der Waals surface area contributed by atoms with Gasteiger partial charge in [-0.1, -0.05) is 19.3 Å². The second kappa shape index (κ2) is 8.28. The van der Waals surface area contributed by atoms with Gasteiger partial charge >= 0.3 is 6.03 Å². The molecule has 1 aromatic carbocycles. The summed E-state index contributed by atoms with van der Waals surface area (Å²) in [6, 6.07) is 4.97. The number of rotatable bonds is 5. The maximum absolute atomic E-state index is 12.0. The highest BCUT2D eigenvalue weighted by Crippen LogP contribution is 2.19. The van der Waals surface area contributed by atoms with E-state index in [1.54, 1.807) is 0 Å². The summed E-state index contributed by atoms with van der Waals surface area (Å²) < 4.78 is 5.39. The summed E-state index contributed by atoms with van der Waals surface area (Å²) in [6.45, 7) is 1.50. The predicted molar refractivity (Wildman–Crippen MR) is 86.7 cm³/mol. The fourth-order valence-electron chi connectivity index (χ4n) is 2.59. The van der Waals surface area contributed by atoms with Crippen molar-refractivity contribution >= 4 is 17.6 Å². The lowest BCUT2D eigenvalue weighted by atomic mass is 9.96. The first-order chi connectivity index (χ1) is 11.5. The highest BCUT2D eigenvalue weighted by molar-refractivity contribution is 5.96. The van der Waals surface area contributed by atoms with Gasteiger partial charge < -0.3 is 10.1 Å². The van der Waals surface area contributed by atoms with Crippen LogP contribution in [0.4, 0.5) is 10.5 Å². The first-order valence-electron chi connectivity index (χ1n) is 7.98. The molecule has 8 nitrogen and oxygen atoms in total. The molecular weight excluding hydrogens is 314 g/mol. The number of nitro benzene ring substituents is 1. The molecule has 1 fully saturated rings. The van der Waals surface area contributed by atoms with Crippen molar-refractivity contribution in [3.8, 4) is 5.75 Å². The molecule has 8 heteroatoms. The van der Waals surface area contributed by atoms with Crippen molar-refractivity contribution in [1.82, 2.24) is 10.6 Å². The third-order valence-electron chi connectivity index (χ3n) is 3.91. The van der Waals surface area contributed by atoms with E-state index in [0.29, 0.717) is 5.75 Å². The van der Waals surface area contributed by atoms with Crippen LogP contribution in [0, 0.1) is 10.1 Å². The first kappa shape index (κ1) is 17.7. The number of nitrogens with zero attached hydrogens (tertiary/aromatic N) is 1. The van der Waals surface area contributed by atoms with Crippen LogP contribution in [0.15, 0.2) is 24.3 Å². The Morgan fingerprint density at radius 2 is 1.83 bits per heavy atom. The van der Waals surface area contributed by atoms with E-state index in [4.69, 9.17) is 4.74 Å². The van der Waals surface area contributed by atoms with E-state index in [9.17, 15) is 19.7 Å². The number of carbonyl (C=O) groups is 2. The fraction of sp³-hybridized carbons (Fsp3) is 0.500. The Morgan fingerprint density at radius 3 is 2.42 bits per heavy atom. The Balaban J connectivity index is 1.80. The van der Waals surface area contributed by atoms with Crippen LogP contribution in [0.2, 0.25) is 0 Å². The van der Waals surface area contributed by atoms with Crippen molar-refractivity contribution in [3.05, 3.63) is 34.4 Å². The van der Waals surface area contributed by atoms with Crippen LogP contribution in [-0.2, 0) is 4.79 Å². The number of nitrogens with one attached hydrogen (secondary N) is 2. The van der Waals surface area contributed by atoms with E-state index in [1.165, 1.54) is 37.6 Å². The fourth-order valence-corrected chi connectivity index (χ4v) is 2.59. The molecule has 2 N–H and O–H groups in total. The van der Waals surface area contributed by atoms with Crippen LogP contribution in [0.3, 0.4) is 0 Å². The molecule has 24 heavy (non-hydrogen) atoms. The van der Waals surface area contributed by atoms with E-state index in [1.807, 2.05) is 0 Å². The van der Waals surface area contributed by atoms with Gasteiger partial charge in [-0.25, -0.2) is 4.79 Å². The summed E-state index contributed by atoms with van der Waals surface area (Å²) in [5, 5.41) is 15.6. The largest absolute Gasteiger partial charge is 0.481 e. The SMILES string of the molecule is C[C@@H](Oc1ccc([N+](=O)[O-])cc1)C(=O)NC(=O)NC1CCCCC1. The van der Waals surface area contributed by atoms with Crippen LogP contribution < -0.4 is 15.4 Å². The molecule has 2 rings (SSSR count). The van der Waals surface area contributed by atoms with Crippen molar-refractivity contribution in [3.63, 3.8) is 0 Å². The molecule has 3 amide bonds. The number of non-ortho nitro benzene ring substituents is 1. The van der Waals surface area contributed by atoms with Gasteiger partial charge in [0, 0.05) is 18.2 Å². The molecule has 0 aromatic heterocycles. The molecule has 0 unspecified atom stereocenters. The van der Waals surface area contributed by atoms with Gasteiger partial charge in [0.15, 0.2) is 6.10 Å². The molecule has 1 aromatic rings. The lowest BCUT2D eigenvalue weighted by Crippen LogP contribution is -2.48.